The average Bonchev–Trinajstić information content (AvgIpc) is 2.88. The number of piperazine rings is 1. The van der Waals surface area contributed by atoms with Crippen molar-refractivity contribution in [2.24, 2.45) is 0 Å². The van der Waals surface area contributed by atoms with Gasteiger partial charge in [0.25, 0.3) is 0 Å². The number of anilines is 3. The zero-order valence-electron chi connectivity index (χ0n) is 22.7. The van der Waals surface area contributed by atoms with Crippen LogP contribution in [0.5, 0.6) is 0 Å². The van der Waals surface area contributed by atoms with E-state index in [-0.39, 0.29) is 13.2 Å². The fourth-order valence-corrected chi connectivity index (χ4v) is 5.24. The van der Waals surface area contributed by atoms with Gasteiger partial charge in [0.15, 0.2) is 5.82 Å². The van der Waals surface area contributed by atoms with Gasteiger partial charge in [0.05, 0.1) is 30.8 Å². The molecule has 3 rings (SSSR count). The molecule has 0 unspecified atom stereocenters. The summed E-state index contributed by atoms with van der Waals surface area (Å²) in [4.78, 5) is 19.2. The van der Waals surface area contributed by atoms with E-state index in [1.807, 2.05) is 0 Å². The van der Waals surface area contributed by atoms with Gasteiger partial charge in [-0.25, -0.2) is 4.98 Å². The van der Waals surface area contributed by atoms with Crippen molar-refractivity contribution in [1.82, 2.24) is 24.6 Å². The molecule has 4 N–H and O–H groups in total. The minimum atomic E-state index is 0.225. The maximum absolute atomic E-state index is 9.18. The van der Waals surface area contributed by atoms with Gasteiger partial charge in [0.2, 0.25) is 0 Å². The summed E-state index contributed by atoms with van der Waals surface area (Å²) in [6, 6.07) is 2.09. The van der Waals surface area contributed by atoms with E-state index in [4.69, 9.17) is 15.8 Å². The highest BCUT2D eigenvalue weighted by atomic mass is 16.3. The van der Waals surface area contributed by atoms with Crippen LogP contribution in [0.4, 0.5) is 17.2 Å². The van der Waals surface area contributed by atoms with E-state index in [0.717, 1.165) is 123 Å². The van der Waals surface area contributed by atoms with Crippen molar-refractivity contribution in [2.45, 2.75) is 19.8 Å². The van der Waals surface area contributed by atoms with E-state index in [9.17, 15) is 5.11 Å². The molecule has 0 radical (unpaired) electrons. The lowest BCUT2D eigenvalue weighted by molar-refractivity contribution is 0.112. The number of hydrogen-bond donors (Lipinski definition) is 3. The molecule has 2 aliphatic rings. The molecule has 10 nitrogen and oxygen atoms in total. The number of rotatable bonds is 16. The van der Waals surface area contributed by atoms with Crippen molar-refractivity contribution in [2.75, 3.05) is 134 Å². The molecule has 0 spiro atoms. The summed E-state index contributed by atoms with van der Waals surface area (Å²) in [7, 11) is 2.19. The SMILES string of the molecule is CCN(CCO)CCN(C)CCCN1CCN(CCCN2CCN(CCO)CC2)c2ncc(N)cc21. The largest absolute Gasteiger partial charge is 0.397 e. The van der Waals surface area contributed by atoms with Crippen LogP contribution in [0.2, 0.25) is 0 Å². The Morgan fingerprint density at radius 2 is 1.53 bits per heavy atom. The Bertz CT molecular complexity index is 747. The number of β-amino-alcohol motifs (C(OH)–C–C–N with tert-alkyl or cyclic N) is 1. The third-order valence-electron chi connectivity index (χ3n) is 7.56. The summed E-state index contributed by atoms with van der Waals surface area (Å²) in [5.74, 6) is 1.07. The molecule has 1 aromatic heterocycles. The van der Waals surface area contributed by atoms with Crippen molar-refractivity contribution in [3.8, 4) is 0 Å². The van der Waals surface area contributed by atoms with Crippen molar-refractivity contribution >= 4 is 17.2 Å². The second kappa shape index (κ2) is 15.5. The summed E-state index contributed by atoms with van der Waals surface area (Å²) in [5, 5.41) is 18.3. The molecule has 0 aromatic carbocycles. The van der Waals surface area contributed by atoms with Gasteiger partial charge in [0, 0.05) is 78.5 Å². The number of nitrogens with zero attached hydrogens (tertiary/aromatic N) is 7. The molecule has 2 aliphatic heterocycles. The van der Waals surface area contributed by atoms with Gasteiger partial charge < -0.3 is 40.4 Å². The Hall–Kier alpha value is -1.69. The first-order valence-electron chi connectivity index (χ1n) is 13.9. The van der Waals surface area contributed by atoms with E-state index in [1.54, 1.807) is 6.20 Å². The van der Waals surface area contributed by atoms with Crippen molar-refractivity contribution < 1.29 is 10.2 Å². The number of likely N-dealkylation sites (N-methyl/N-ethyl adjacent to an activating group) is 2. The number of nitrogen functional groups attached to an aromatic ring is 1. The Morgan fingerprint density at radius 1 is 0.833 bits per heavy atom. The monoisotopic (exact) mass is 506 g/mol. The van der Waals surface area contributed by atoms with Gasteiger partial charge in [-0.15, -0.1) is 0 Å². The maximum atomic E-state index is 9.18. The molecule has 3 heterocycles. The Balaban J connectivity index is 1.43. The first-order valence-corrected chi connectivity index (χ1v) is 13.9. The van der Waals surface area contributed by atoms with Crippen LogP contribution in [0.1, 0.15) is 19.8 Å². The molecule has 0 saturated carbocycles. The quantitative estimate of drug-likeness (QED) is 0.283. The van der Waals surface area contributed by atoms with E-state index in [0.29, 0.717) is 0 Å². The lowest BCUT2D eigenvalue weighted by Gasteiger charge is -2.39. The molecule has 206 valence electrons. The number of aliphatic hydroxyl groups excluding tert-OH is 2. The average molecular weight is 507 g/mol. The minimum Gasteiger partial charge on any atom is -0.397 e. The van der Waals surface area contributed by atoms with E-state index in [2.05, 4.69) is 49.4 Å². The zero-order valence-corrected chi connectivity index (χ0v) is 22.7. The van der Waals surface area contributed by atoms with Crippen molar-refractivity contribution in [3.63, 3.8) is 0 Å². The van der Waals surface area contributed by atoms with Crippen molar-refractivity contribution in [1.29, 1.82) is 0 Å². The highest BCUT2D eigenvalue weighted by Crippen LogP contribution is 2.32. The molecular weight excluding hydrogens is 456 g/mol. The first kappa shape index (κ1) is 28.9. The summed E-state index contributed by atoms with van der Waals surface area (Å²) < 4.78 is 0. The van der Waals surface area contributed by atoms with E-state index >= 15 is 0 Å². The summed E-state index contributed by atoms with van der Waals surface area (Å²) in [6.45, 7) is 17.6. The second-order valence-electron chi connectivity index (χ2n) is 10.2. The molecule has 36 heavy (non-hydrogen) atoms. The molecule has 0 amide bonds. The summed E-state index contributed by atoms with van der Waals surface area (Å²) in [6.07, 6.45) is 4.01. The molecule has 10 heteroatoms. The molecular formula is C26H50N8O2. The Labute approximate surface area is 218 Å². The fourth-order valence-electron chi connectivity index (χ4n) is 5.24. The topological polar surface area (TPSA) is 98.8 Å². The Morgan fingerprint density at radius 3 is 2.22 bits per heavy atom. The highest BCUT2D eigenvalue weighted by molar-refractivity contribution is 5.72. The standard InChI is InChI=1S/C26H50N8O2/c1-3-30(18-20-35)11-10-29(2)6-4-8-33-16-17-34(26-25(33)22-24(27)23-28-26)9-5-7-31-12-14-32(15-13-31)19-21-36/h22-23,35-36H,3-21,27H2,1-2H3. The lowest BCUT2D eigenvalue weighted by atomic mass is 10.2. The number of fused-ring (bicyclic) bond motifs is 1. The van der Waals surface area contributed by atoms with Crippen LogP contribution < -0.4 is 15.5 Å². The third-order valence-corrected chi connectivity index (χ3v) is 7.56. The normalized spacial score (nSPS) is 17.4. The van der Waals surface area contributed by atoms with Gasteiger partial charge in [0.1, 0.15) is 0 Å². The Kier molecular flexibility index (Phi) is 12.5. The van der Waals surface area contributed by atoms with Crippen LogP contribution in [-0.4, -0.2) is 153 Å². The van der Waals surface area contributed by atoms with Gasteiger partial charge in [-0.2, -0.15) is 0 Å². The maximum Gasteiger partial charge on any atom is 0.152 e. The van der Waals surface area contributed by atoms with Gasteiger partial charge in [-0.1, -0.05) is 6.92 Å². The number of nitrogens with two attached hydrogens (primary N) is 1. The van der Waals surface area contributed by atoms with Crippen LogP contribution in [-0.2, 0) is 0 Å². The minimum absolute atomic E-state index is 0.225. The first-order chi connectivity index (χ1) is 17.5. The molecule has 1 saturated heterocycles. The fraction of sp³-hybridized carbons (Fsp3) is 0.808. The number of aromatic nitrogens is 1. The number of aliphatic hydroxyl groups is 2. The molecule has 1 aromatic rings. The van der Waals surface area contributed by atoms with Crippen LogP contribution >= 0.6 is 0 Å². The lowest BCUT2D eigenvalue weighted by Crippen LogP contribution is -2.48. The van der Waals surface area contributed by atoms with Gasteiger partial charge >= 0.3 is 0 Å². The van der Waals surface area contributed by atoms with Crippen LogP contribution in [0, 0.1) is 0 Å². The number of pyridine rings is 1. The van der Waals surface area contributed by atoms with E-state index in [1.165, 1.54) is 5.69 Å². The van der Waals surface area contributed by atoms with Crippen LogP contribution in [0.15, 0.2) is 12.3 Å². The molecule has 0 bridgehead atoms. The van der Waals surface area contributed by atoms with Gasteiger partial charge in [-0.3, -0.25) is 4.90 Å². The summed E-state index contributed by atoms with van der Waals surface area (Å²) >= 11 is 0. The summed E-state index contributed by atoms with van der Waals surface area (Å²) in [5.41, 5.74) is 8.03. The van der Waals surface area contributed by atoms with Crippen molar-refractivity contribution in [3.05, 3.63) is 12.3 Å². The smallest absolute Gasteiger partial charge is 0.152 e. The molecule has 1 fully saturated rings. The molecule has 0 atom stereocenters. The predicted octanol–water partition coefficient (Wildman–Crippen LogP) is -0.0737. The third kappa shape index (κ3) is 9.00. The molecule has 0 aliphatic carbocycles. The van der Waals surface area contributed by atoms with Crippen LogP contribution in [0.3, 0.4) is 0 Å². The predicted molar refractivity (Wildman–Crippen MR) is 149 cm³/mol. The zero-order chi connectivity index (χ0) is 25.8. The number of hydrogen-bond acceptors (Lipinski definition) is 10. The van der Waals surface area contributed by atoms with Gasteiger partial charge in [-0.05, 0) is 45.6 Å². The van der Waals surface area contributed by atoms with E-state index < -0.39 is 0 Å². The highest BCUT2D eigenvalue weighted by Gasteiger charge is 2.24. The van der Waals surface area contributed by atoms with Crippen LogP contribution in [0.25, 0.3) is 0 Å². The second-order valence-corrected chi connectivity index (χ2v) is 10.2.